The SMILES string of the molecule is CN1c2ccccc2Oc2cc(N3C=CC(=C4C=CN(c5ccc6c(c5)Oc5ccccc5N6C)C=C4)C=C3)ccc21. The van der Waals surface area contributed by atoms with Gasteiger partial charge in [-0.15, -0.1) is 0 Å². The number of nitrogens with zero attached hydrogens (tertiary/aromatic N) is 4. The van der Waals surface area contributed by atoms with Gasteiger partial charge in [-0.1, -0.05) is 24.3 Å². The number of hydrogen-bond donors (Lipinski definition) is 0. The second kappa shape index (κ2) is 9.49. The summed E-state index contributed by atoms with van der Waals surface area (Å²) in [6.45, 7) is 0. The molecule has 0 bridgehead atoms. The lowest BCUT2D eigenvalue weighted by atomic mass is 10.0. The fraction of sp³-hybridized carbons (Fsp3) is 0.0556. The van der Waals surface area contributed by atoms with Gasteiger partial charge in [0.25, 0.3) is 0 Å². The van der Waals surface area contributed by atoms with Crippen LogP contribution in [-0.4, -0.2) is 14.1 Å². The topological polar surface area (TPSA) is 31.4 Å². The van der Waals surface area contributed by atoms with E-state index in [1.54, 1.807) is 0 Å². The summed E-state index contributed by atoms with van der Waals surface area (Å²) in [7, 11) is 4.14. The summed E-state index contributed by atoms with van der Waals surface area (Å²) in [6, 6.07) is 28.9. The molecule has 0 saturated heterocycles. The Kier molecular flexibility index (Phi) is 5.47. The summed E-state index contributed by atoms with van der Waals surface area (Å²) >= 11 is 0. The molecule has 0 N–H and O–H groups in total. The van der Waals surface area contributed by atoms with Gasteiger partial charge in [-0.05, 0) is 84.0 Å². The van der Waals surface area contributed by atoms with E-state index >= 15 is 0 Å². The first kappa shape index (κ1) is 24.2. The minimum absolute atomic E-state index is 0.848. The third kappa shape index (κ3) is 3.96. The van der Waals surface area contributed by atoms with Gasteiger partial charge in [0.2, 0.25) is 0 Å². The van der Waals surface area contributed by atoms with Gasteiger partial charge in [0.1, 0.15) is 0 Å². The van der Waals surface area contributed by atoms with E-state index < -0.39 is 0 Å². The molecule has 4 aromatic carbocycles. The van der Waals surface area contributed by atoms with Crippen molar-refractivity contribution in [3.8, 4) is 23.0 Å². The number of rotatable bonds is 2. The molecule has 0 aromatic heterocycles. The lowest BCUT2D eigenvalue weighted by Crippen LogP contribution is -2.17. The van der Waals surface area contributed by atoms with Crippen molar-refractivity contribution < 1.29 is 9.47 Å². The third-order valence-electron chi connectivity index (χ3n) is 8.09. The number of para-hydroxylation sites is 4. The number of allylic oxidation sites excluding steroid dienone is 6. The second-order valence-corrected chi connectivity index (χ2v) is 10.5. The molecule has 4 aliphatic heterocycles. The van der Waals surface area contributed by atoms with Crippen LogP contribution >= 0.6 is 0 Å². The minimum atomic E-state index is 0.848. The summed E-state index contributed by atoms with van der Waals surface area (Å²) < 4.78 is 12.5. The van der Waals surface area contributed by atoms with Gasteiger partial charge in [0, 0.05) is 62.4 Å². The first-order valence-corrected chi connectivity index (χ1v) is 14.0. The van der Waals surface area contributed by atoms with Crippen molar-refractivity contribution in [3.63, 3.8) is 0 Å². The van der Waals surface area contributed by atoms with E-state index in [4.69, 9.17) is 9.47 Å². The Morgan fingerprint density at radius 2 is 0.810 bits per heavy atom. The summed E-state index contributed by atoms with van der Waals surface area (Å²) in [4.78, 5) is 8.56. The molecule has 6 heteroatoms. The van der Waals surface area contributed by atoms with Crippen LogP contribution in [0.5, 0.6) is 23.0 Å². The van der Waals surface area contributed by atoms with Crippen molar-refractivity contribution in [2.45, 2.75) is 0 Å². The molecule has 204 valence electrons. The zero-order chi connectivity index (χ0) is 28.2. The Labute approximate surface area is 245 Å². The van der Waals surface area contributed by atoms with Gasteiger partial charge in [-0.3, -0.25) is 0 Å². The zero-order valence-electron chi connectivity index (χ0n) is 23.3. The number of anilines is 6. The quantitative estimate of drug-likeness (QED) is 0.248. The van der Waals surface area contributed by atoms with Gasteiger partial charge < -0.3 is 29.1 Å². The van der Waals surface area contributed by atoms with Crippen molar-refractivity contribution >= 4 is 34.1 Å². The number of hydrogen-bond acceptors (Lipinski definition) is 6. The molecule has 8 rings (SSSR count). The Morgan fingerprint density at radius 1 is 0.429 bits per heavy atom. The molecule has 0 atom stereocenters. The summed E-state index contributed by atoms with van der Waals surface area (Å²) in [6.07, 6.45) is 16.9. The van der Waals surface area contributed by atoms with Crippen molar-refractivity contribution in [2.75, 3.05) is 33.7 Å². The summed E-state index contributed by atoms with van der Waals surface area (Å²) in [5.74, 6) is 3.43. The summed E-state index contributed by atoms with van der Waals surface area (Å²) in [5, 5.41) is 0. The first-order valence-electron chi connectivity index (χ1n) is 14.0. The fourth-order valence-corrected chi connectivity index (χ4v) is 5.76. The molecule has 0 radical (unpaired) electrons. The average Bonchev–Trinajstić information content (AvgIpc) is 3.05. The number of benzene rings is 4. The van der Waals surface area contributed by atoms with E-state index in [1.807, 2.05) is 36.4 Å². The van der Waals surface area contributed by atoms with E-state index in [1.165, 1.54) is 0 Å². The van der Waals surface area contributed by atoms with E-state index in [0.29, 0.717) is 0 Å². The van der Waals surface area contributed by atoms with Crippen LogP contribution in [0.25, 0.3) is 0 Å². The van der Waals surface area contributed by atoms with Gasteiger partial charge in [-0.25, -0.2) is 0 Å². The maximum absolute atomic E-state index is 6.23. The highest BCUT2D eigenvalue weighted by atomic mass is 16.5. The van der Waals surface area contributed by atoms with Crippen LogP contribution in [0.4, 0.5) is 34.1 Å². The molecule has 0 fully saturated rings. The highest BCUT2D eigenvalue weighted by molar-refractivity contribution is 5.81. The molecule has 0 spiro atoms. The van der Waals surface area contributed by atoms with Crippen LogP contribution in [0.15, 0.2) is 145 Å². The fourth-order valence-electron chi connectivity index (χ4n) is 5.76. The van der Waals surface area contributed by atoms with Crippen LogP contribution in [0, 0.1) is 0 Å². The maximum atomic E-state index is 6.23. The van der Waals surface area contributed by atoms with Crippen LogP contribution in [0.2, 0.25) is 0 Å². The van der Waals surface area contributed by atoms with Crippen LogP contribution in [0.1, 0.15) is 0 Å². The number of ether oxygens (including phenoxy) is 2. The van der Waals surface area contributed by atoms with E-state index in [2.05, 4.69) is 131 Å². The van der Waals surface area contributed by atoms with Gasteiger partial charge >= 0.3 is 0 Å². The molecule has 4 aromatic rings. The maximum Gasteiger partial charge on any atom is 0.153 e. The normalized spacial score (nSPS) is 16.0. The third-order valence-corrected chi connectivity index (χ3v) is 8.09. The Morgan fingerprint density at radius 3 is 1.24 bits per heavy atom. The van der Waals surface area contributed by atoms with Crippen molar-refractivity contribution in [2.24, 2.45) is 0 Å². The predicted octanol–water partition coefficient (Wildman–Crippen LogP) is 9.13. The average molecular weight is 549 g/mol. The lowest BCUT2D eigenvalue weighted by Gasteiger charge is -2.31. The lowest BCUT2D eigenvalue weighted by molar-refractivity contribution is 0.475. The Hall–Kier alpha value is -5.62. The predicted molar refractivity (Wildman–Crippen MR) is 171 cm³/mol. The summed E-state index contributed by atoms with van der Waals surface area (Å²) in [5.41, 5.74) is 8.61. The molecule has 0 unspecified atom stereocenters. The van der Waals surface area contributed by atoms with Crippen molar-refractivity contribution in [3.05, 3.63) is 145 Å². The Bertz CT molecular complexity index is 1730. The molecule has 4 heterocycles. The van der Waals surface area contributed by atoms with E-state index in [0.717, 1.165) is 68.3 Å². The highest BCUT2D eigenvalue weighted by Gasteiger charge is 2.23. The largest absolute Gasteiger partial charge is 0.453 e. The zero-order valence-corrected chi connectivity index (χ0v) is 23.3. The number of fused-ring (bicyclic) bond motifs is 4. The molecular weight excluding hydrogens is 520 g/mol. The first-order chi connectivity index (χ1) is 20.6. The standard InChI is InChI=1S/C36H28N4O2/c1-37-29-7-3-5-9-33(29)41-35-23-27(11-13-31(35)37)39-19-15-25(16-20-39)26-17-21-40(22-18-26)28-12-14-32-36(24-28)42-34-10-6-4-8-30(34)38(32)2/h3-24H,1-2H3. The van der Waals surface area contributed by atoms with E-state index in [-0.39, 0.29) is 0 Å². The minimum Gasteiger partial charge on any atom is -0.453 e. The van der Waals surface area contributed by atoms with Crippen molar-refractivity contribution in [1.29, 1.82) is 0 Å². The molecule has 4 aliphatic rings. The highest BCUT2D eigenvalue weighted by Crippen LogP contribution is 2.48. The molecule has 0 saturated carbocycles. The smallest absolute Gasteiger partial charge is 0.153 e. The van der Waals surface area contributed by atoms with Crippen LogP contribution in [0.3, 0.4) is 0 Å². The van der Waals surface area contributed by atoms with Crippen molar-refractivity contribution in [1.82, 2.24) is 0 Å². The Balaban J connectivity index is 0.985. The van der Waals surface area contributed by atoms with Gasteiger partial charge in [0.15, 0.2) is 23.0 Å². The molecule has 6 nitrogen and oxygen atoms in total. The van der Waals surface area contributed by atoms with E-state index in [9.17, 15) is 0 Å². The molecular formula is C36H28N4O2. The molecule has 42 heavy (non-hydrogen) atoms. The monoisotopic (exact) mass is 548 g/mol. The second-order valence-electron chi connectivity index (χ2n) is 10.5. The van der Waals surface area contributed by atoms with Crippen LogP contribution in [-0.2, 0) is 0 Å². The van der Waals surface area contributed by atoms with Gasteiger partial charge in [-0.2, -0.15) is 0 Å². The molecule has 0 aliphatic carbocycles. The molecule has 0 amide bonds. The van der Waals surface area contributed by atoms with Crippen LogP contribution < -0.4 is 29.1 Å². The van der Waals surface area contributed by atoms with Gasteiger partial charge in [0.05, 0.1) is 22.7 Å².